The number of aromatic nitrogens is 1. The van der Waals surface area contributed by atoms with Crippen molar-refractivity contribution in [2.75, 3.05) is 6.54 Å². The lowest BCUT2D eigenvalue weighted by Gasteiger charge is -2.13. The normalized spacial score (nSPS) is 16.1. The Kier molecular flexibility index (Phi) is 6.04. The van der Waals surface area contributed by atoms with Crippen LogP contribution < -0.4 is 5.32 Å². The van der Waals surface area contributed by atoms with Crippen molar-refractivity contribution < 1.29 is 14.4 Å². The highest BCUT2D eigenvalue weighted by atomic mass is 32.1. The second kappa shape index (κ2) is 8.89. The van der Waals surface area contributed by atoms with Crippen molar-refractivity contribution in [3.05, 3.63) is 81.3 Å². The Hall–Kier alpha value is -3.19. The quantitative estimate of drug-likeness (QED) is 0.430. The molecule has 1 atom stereocenters. The van der Waals surface area contributed by atoms with Gasteiger partial charge in [-0.2, -0.15) is 0 Å². The molecule has 1 aliphatic heterocycles. The second-order valence-corrected chi connectivity index (χ2v) is 8.86. The van der Waals surface area contributed by atoms with E-state index in [0.29, 0.717) is 24.9 Å². The van der Waals surface area contributed by atoms with E-state index in [2.05, 4.69) is 16.0 Å². The van der Waals surface area contributed by atoms with Gasteiger partial charge in [0.2, 0.25) is 0 Å². The number of imide groups is 1. The SMILES string of the molecule is Cc1cc(C(=O)CN2C(=O)NC(CCc3ccccc3)C2=O)c(C)n1Cc1cccs1. The summed E-state index contributed by atoms with van der Waals surface area (Å²) in [6.45, 7) is 4.33. The summed E-state index contributed by atoms with van der Waals surface area (Å²) in [7, 11) is 0. The Bertz CT molecular complexity index is 1100. The van der Waals surface area contributed by atoms with Gasteiger partial charge in [-0.25, -0.2) is 4.79 Å². The topological polar surface area (TPSA) is 71.4 Å². The molecule has 0 radical (unpaired) electrons. The average molecular weight is 436 g/mol. The minimum absolute atomic E-state index is 0.224. The molecule has 1 unspecified atom stereocenters. The number of Topliss-reactive ketones (excluding diaryl/α,β-unsaturated/α-hetero) is 1. The van der Waals surface area contributed by atoms with Gasteiger partial charge in [0.25, 0.3) is 5.91 Å². The van der Waals surface area contributed by atoms with Gasteiger partial charge < -0.3 is 9.88 Å². The third-order valence-electron chi connectivity index (χ3n) is 5.74. The van der Waals surface area contributed by atoms with Crippen LogP contribution in [0.25, 0.3) is 0 Å². The fourth-order valence-electron chi connectivity index (χ4n) is 3.99. The molecule has 4 rings (SSSR count). The number of thiophene rings is 1. The summed E-state index contributed by atoms with van der Waals surface area (Å²) in [6, 6.07) is 14.7. The summed E-state index contributed by atoms with van der Waals surface area (Å²) < 4.78 is 2.09. The minimum Gasteiger partial charge on any atom is -0.343 e. The molecule has 1 N–H and O–H groups in total. The van der Waals surface area contributed by atoms with Crippen molar-refractivity contribution in [1.29, 1.82) is 0 Å². The molecule has 3 aromatic rings. The van der Waals surface area contributed by atoms with Crippen molar-refractivity contribution in [1.82, 2.24) is 14.8 Å². The van der Waals surface area contributed by atoms with Gasteiger partial charge in [-0.15, -0.1) is 11.3 Å². The fourth-order valence-corrected chi connectivity index (χ4v) is 4.68. The van der Waals surface area contributed by atoms with E-state index in [1.165, 1.54) is 4.88 Å². The number of urea groups is 1. The van der Waals surface area contributed by atoms with Crippen LogP contribution in [0.1, 0.15) is 38.6 Å². The van der Waals surface area contributed by atoms with Crippen LogP contribution in [0.5, 0.6) is 0 Å². The Labute approximate surface area is 185 Å². The van der Waals surface area contributed by atoms with Gasteiger partial charge in [0.1, 0.15) is 6.04 Å². The highest BCUT2D eigenvalue weighted by molar-refractivity contribution is 7.09. The van der Waals surface area contributed by atoms with Crippen LogP contribution in [-0.2, 0) is 17.8 Å². The Morgan fingerprint density at radius 3 is 2.58 bits per heavy atom. The summed E-state index contributed by atoms with van der Waals surface area (Å²) in [4.78, 5) is 40.4. The van der Waals surface area contributed by atoms with Crippen LogP contribution in [0, 0.1) is 13.8 Å². The second-order valence-electron chi connectivity index (χ2n) is 7.82. The van der Waals surface area contributed by atoms with E-state index in [1.54, 1.807) is 11.3 Å². The first-order valence-electron chi connectivity index (χ1n) is 10.3. The van der Waals surface area contributed by atoms with Crippen LogP contribution in [0.4, 0.5) is 4.79 Å². The van der Waals surface area contributed by atoms with Gasteiger partial charge >= 0.3 is 6.03 Å². The largest absolute Gasteiger partial charge is 0.343 e. The number of carbonyl (C=O) groups excluding carboxylic acids is 3. The minimum atomic E-state index is -0.591. The molecule has 0 saturated carbocycles. The predicted octanol–water partition coefficient (Wildman–Crippen LogP) is 3.95. The Balaban J connectivity index is 1.42. The van der Waals surface area contributed by atoms with Gasteiger partial charge in [0.15, 0.2) is 5.78 Å². The van der Waals surface area contributed by atoms with E-state index >= 15 is 0 Å². The summed E-state index contributed by atoms with van der Waals surface area (Å²) in [5, 5.41) is 4.75. The number of hydrogen-bond donors (Lipinski definition) is 1. The number of aryl methyl sites for hydroxylation is 2. The summed E-state index contributed by atoms with van der Waals surface area (Å²) in [5.41, 5.74) is 3.50. The molecule has 0 aliphatic carbocycles. The van der Waals surface area contributed by atoms with Crippen LogP contribution in [0.15, 0.2) is 53.9 Å². The van der Waals surface area contributed by atoms with E-state index in [1.807, 2.05) is 61.7 Å². The van der Waals surface area contributed by atoms with Crippen molar-refractivity contribution in [2.45, 2.75) is 39.3 Å². The summed E-state index contributed by atoms with van der Waals surface area (Å²) in [5.74, 6) is -0.556. The molecule has 7 heteroatoms. The number of benzene rings is 1. The molecule has 1 aromatic carbocycles. The van der Waals surface area contributed by atoms with E-state index in [0.717, 1.165) is 21.9 Å². The third-order valence-corrected chi connectivity index (χ3v) is 6.60. The molecule has 1 saturated heterocycles. The number of carbonyl (C=O) groups is 3. The lowest BCUT2D eigenvalue weighted by atomic mass is 10.1. The number of hydrogen-bond acceptors (Lipinski definition) is 4. The molecular formula is C24H25N3O3S. The number of rotatable bonds is 8. The lowest BCUT2D eigenvalue weighted by molar-refractivity contribution is -0.127. The molecule has 160 valence electrons. The molecule has 1 fully saturated rings. The van der Waals surface area contributed by atoms with Crippen molar-refractivity contribution in [2.24, 2.45) is 0 Å². The molecule has 2 aromatic heterocycles. The number of ketones is 1. The molecular weight excluding hydrogens is 410 g/mol. The lowest BCUT2D eigenvalue weighted by Crippen LogP contribution is -2.36. The number of nitrogens with zero attached hydrogens (tertiary/aromatic N) is 2. The molecule has 0 spiro atoms. The average Bonchev–Trinajstić information content (AvgIpc) is 3.45. The van der Waals surface area contributed by atoms with Gasteiger partial charge in [-0.05, 0) is 49.8 Å². The van der Waals surface area contributed by atoms with Crippen LogP contribution in [-0.4, -0.2) is 39.8 Å². The standard InChI is InChI=1S/C24H25N3O3S/c1-16-13-20(17(2)26(16)14-19-9-6-12-31-19)22(28)15-27-23(29)21(25-24(27)30)11-10-18-7-4-3-5-8-18/h3-9,12-13,21H,10-11,14-15H2,1-2H3,(H,25,30). The van der Waals surface area contributed by atoms with Gasteiger partial charge in [-0.3, -0.25) is 14.5 Å². The van der Waals surface area contributed by atoms with Crippen molar-refractivity contribution in [3.8, 4) is 0 Å². The maximum Gasteiger partial charge on any atom is 0.325 e. The van der Waals surface area contributed by atoms with Crippen molar-refractivity contribution >= 4 is 29.1 Å². The maximum absolute atomic E-state index is 13.0. The van der Waals surface area contributed by atoms with E-state index in [-0.39, 0.29) is 18.2 Å². The smallest absolute Gasteiger partial charge is 0.325 e. The number of nitrogens with one attached hydrogen (secondary N) is 1. The monoisotopic (exact) mass is 435 g/mol. The number of amides is 3. The summed E-state index contributed by atoms with van der Waals surface area (Å²) in [6.07, 6.45) is 1.19. The van der Waals surface area contributed by atoms with Gasteiger partial charge in [0.05, 0.1) is 13.1 Å². The maximum atomic E-state index is 13.0. The zero-order chi connectivity index (χ0) is 22.0. The van der Waals surface area contributed by atoms with Gasteiger partial charge in [0, 0.05) is 21.8 Å². The Morgan fingerprint density at radius 2 is 1.87 bits per heavy atom. The molecule has 1 aliphatic rings. The third kappa shape index (κ3) is 4.46. The molecule has 3 amide bonds. The zero-order valence-electron chi connectivity index (χ0n) is 17.6. The van der Waals surface area contributed by atoms with Crippen molar-refractivity contribution in [3.63, 3.8) is 0 Å². The fraction of sp³-hybridized carbons (Fsp3) is 0.292. The van der Waals surface area contributed by atoms with E-state index < -0.39 is 12.1 Å². The van der Waals surface area contributed by atoms with E-state index in [9.17, 15) is 14.4 Å². The first-order chi connectivity index (χ1) is 14.9. The zero-order valence-corrected chi connectivity index (χ0v) is 18.4. The molecule has 6 nitrogen and oxygen atoms in total. The molecule has 3 heterocycles. The van der Waals surface area contributed by atoms with E-state index in [4.69, 9.17) is 0 Å². The highest BCUT2D eigenvalue weighted by Gasteiger charge is 2.39. The first kappa shape index (κ1) is 21.1. The first-order valence-corrected chi connectivity index (χ1v) is 11.2. The Morgan fingerprint density at radius 1 is 1.10 bits per heavy atom. The summed E-state index contributed by atoms with van der Waals surface area (Å²) >= 11 is 1.67. The van der Waals surface area contributed by atoms with Crippen LogP contribution >= 0.6 is 11.3 Å². The van der Waals surface area contributed by atoms with Gasteiger partial charge in [-0.1, -0.05) is 36.4 Å². The van der Waals surface area contributed by atoms with Crippen LogP contribution in [0.2, 0.25) is 0 Å². The molecule has 31 heavy (non-hydrogen) atoms. The highest BCUT2D eigenvalue weighted by Crippen LogP contribution is 2.21. The molecule has 0 bridgehead atoms. The van der Waals surface area contributed by atoms with Crippen LogP contribution in [0.3, 0.4) is 0 Å². The predicted molar refractivity (Wildman–Crippen MR) is 120 cm³/mol.